The van der Waals surface area contributed by atoms with E-state index in [2.05, 4.69) is 39.2 Å². The Morgan fingerprint density at radius 1 is 1.12 bits per heavy atom. The summed E-state index contributed by atoms with van der Waals surface area (Å²) in [4.78, 5) is 27.8. The lowest BCUT2D eigenvalue weighted by molar-refractivity contribution is 0.419. The standard InChI is InChI=1S/C16H16N4O3S/c1-9-5-3-4-6-11(9)8-24-16-20-19-13(23-16)7-12-10(2)17-15(22)18-14(12)21/h3-6H,7-8H2,1-2H3,(H2,17,18,21,22). The molecule has 0 aliphatic carbocycles. The van der Waals surface area contributed by atoms with E-state index >= 15 is 0 Å². The Balaban J connectivity index is 1.71. The second kappa shape index (κ2) is 6.88. The molecule has 0 radical (unpaired) electrons. The normalized spacial score (nSPS) is 10.9. The van der Waals surface area contributed by atoms with Crippen molar-refractivity contribution in [2.45, 2.75) is 31.2 Å². The van der Waals surface area contributed by atoms with Crippen molar-refractivity contribution < 1.29 is 4.42 Å². The molecule has 0 aliphatic rings. The van der Waals surface area contributed by atoms with Crippen molar-refractivity contribution in [1.29, 1.82) is 0 Å². The molecule has 0 unspecified atom stereocenters. The van der Waals surface area contributed by atoms with Crippen molar-refractivity contribution in [3.63, 3.8) is 0 Å². The van der Waals surface area contributed by atoms with E-state index in [-0.39, 0.29) is 6.42 Å². The molecule has 0 atom stereocenters. The maximum atomic E-state index is 11.8. The smallest absolute Gasteiger partial charge is 0.325 e. The fraction of sp³-hybridized carbons (Fsp3) is 0.250. The van der Waals surface area contributed by atoms with Gasteiger partial charge in [0, 0.05) is 17.0 Å². The highest BCUT2D eigenvalue weighted by atomic mass is 32.2. The number of rotatable bonds is 5. The summed E-state index contributed by atoms with van der Waals surface area (Å²) < 4.78 is 5.59. The van der Waals surface area contributed by atoms with Crippen LogP contribution >= 0.6 is 11.8 Å². The highest BCUT2D eigenvalue weighted by molar-refractivity contribution is 7.98. The number of aromatic amines is 2. The minimum absolute atomic E-state index is 0.176. The minimum atomic E-state index is -0.527. The van der Waals surface area contributed by atoms with E-state index in [4.69, 9.17) is 4.42 Å². The van der Waals surface area contributed by atoms with Crippen LogP contribution in [0.4, 0.5) is 0 Å². The Labute approximate surface area is 141 Å². The van der Waals surface area contributed by atoms with E-state index in [1.54, 1.807) is 6.92 Å². The third-order valence-electron chi connectivity index (χ3n) is 3.64. The Morgan fingerprint density at radius 3 is 2.67 bits per heavy atom. The summed E-state index contributed by atoms with van der Waals surface area (Å²) in [6.45, 7) is 3.72. The molecule has 0 saturated carbocycles. The molecule has 2 N–H and O–H groups in total. The molecule has 0 bridgehead atoms. The van der Waals surface area contributed by atoms with Crippen molar-refractivity contribution in [3.8, 4) is 0 Å². The van der Waals surface area contributed by atoms with Gasteiger partial charge >= 0.3 is 5.69 Å². The number of benzene rings is 1. The lowest BCUT2D eigenvalue weighted by atomic mass is 10.1. The number of H-pyrrole nitrogens is 2. The summed E-state index contributed by atoms with van der Waals surface area (Å²) in [5.74, 6) is 1.06. The summed E-state index contributed by atoms with van der Waals surface area (Å²) >= 11 is 1.45. The molecule has 0 spiro atoms. The van der Waals surface area contributed by atoms with E-state index < -0.39 is 11.2 Å². The lowest BCUT2D eigenvalue weighted by Crippen LogP contribution is -2.27. The summed E-state index contributed by atoms with van der Waals surface area (Å²) in [6, 6.07) is 8.11. The summed E-state index contributed by atoms with van der Waals surface area (Å²) in [5.41, 5.74) is 2.35. The molecule has 0 fully saturated rings. The number of aromatic nitrogens is 4. The van der Waals surface area contributed by atoms with Gasteiger partial charge in [0.25, 0.3) is 10.8 Å². The van der Waals surface area contributed by atoms with Gasteiger partial charge in [-0.05, 0) is 25.0 Å². The maximum Gasteiger partial charge on any atom is 0.325 e. The number of nitrogens with zero attached hydrogens (tertiary/aromatic N) is 2. The van der Waals surface area contributed by atoms with Crippen LogP contribution in [0.15, 0.2) is 43.5 Å². The lowest BCUT2D eigenvalue weighted by Gasteiger charge is -2.02. The van der Waals surface area contributed by atoms with E-state index in [1.165, 1.54) is 22.9 Å². The molecule has 0 aliphatic heterocycles. The third kappa shape index (κ3) is 3.65. The second-order valence-electron chi connectivity index (χ2n) is 5.37. The van der Waals surface area contributed by atoms with Crippen LogP contribution in [0.25, 0.3) is 0 Å². The Morgan fingerprint density at radius 2 is 1.92 bits per heavy atom. The van der Waals surface area contributed by atoms with Crippen molar-refractivity contribution in [2.75, 3.05) is 0 Å². The van der Waals surface area contributed by atoms with Gasteiger partial charge in [-0.2, -0.15) is 0 Å². The van der Waals surface area contributed by atoms with E-state index in [0.29, 0.717) is 22.4 Å². The van der Waals surface area contributed by atoms with Crippen LogP contribution in [0.1, 0.15) is 28.3 Å². The first-order valence-electron chi connectivity index (χ1n) is 7.34. The molecule has 2 heterocycles. The van der Waals surface area contributed by atoms with Crippen LogP contribution in [-0.2, 0) is 12.2 Å². The Kier molecular flexibility index (Phi) is 4.66. The number of hydrogen-bond acceptors (Lipinski definition) is 6. The van der Waals surface area contributed by atoms with Crippen molar-refractivity contribution in [2.24, 2.45) is 0 Å². The van der Waals surface area contributed by atoms with Gasteiger partial charge in [-0.1, -0.05) is 36.0 Å². The number of hydrogen-bond donors (Lipinski definition) is 2. The SMILES string of the molecule is Cc1ccccc1CSc1nnc(Cc2c(C)[nH]c(=O)[nH]c2=O)o1. The molecule has 3 rings (SSSR count). The third-order valence-corrected chi connectivity index (χ3v) is 4.51. The number of aryl methyl sites for hydroxylation is 2. The van der Waals surface area contributed by atoms with E-state index in [9.17, 15) is 9.59 Å². The highest BCUT2D eigenvalue weighted by Gasteiger charge is 2.13. The van der Waals surface area contributed by atoms with E-state index in [0.717, 1.165) is 5.75 Å². The molecule has 0 amide bonds. The summed E-state index contributed by atoms with van der Waals surface area (Å²) in [6.07, 6.45) is 0.176. The van der Waals surface area contributed by atoms with Crippen molar-refractivity contribution >= 4 is 11.8 Å². The molecule has 8 heteroatoms. The van der Waals surface area contributed by atoms with Gasteiger partial charge in [-0.25, -0.2) is 4.79 Å². The summed E-state index contributed by atoms with van der Waals surface area (Å²) in [5, 5.41) is 8.42. The maximum absolute atomic E-state index is 11.8. The quantitative estimate of drug-likeness (QED) is 0.686. The Hall–Kier alpha value is -2.61. The van der Waals surface area contributed by atoms with Gasteiger partial charge in [-0.15, -0.1) is 10.2 Å². The molecule has 2 aromatic heterocycles. The largest absolute Gasteiger partial charge is 0.416 e. The monoisotopic (exact) mass is 344 g/mol. The first kappa shape index (κ1) is 16.3. The molecule has 124 valence electrons. The van der Waals surface area contributed by atoms with Crippen LogP contribution in [0.3, 0.4) is 0 Å². The molecule has 24 heavy (non-hydrogen) atoms. The van der Waals surface area contributed by atoms with Gasteiger partial charge in [0.05, 0.1) is 6.42 Å². The first-order valence-corrected chi connectivity index (χ1v) is 8.33. The molecule has 3 aromatic rings. The second-order valence-corrected chi connectivity index (χ2v) is 6.29. The van der Waals surface area contributed by atoms with Crippen LogP contribution in [0.5, 0.6) is 0 Å². The zero-order valence-electron chi connectivity index (χ0n) is 13.3. The average Bonchev–Trinajstić information content (AvgIpc) is 2.98. The zero-order valence-corrected chi connectivity index (χ0v) is 14.1. The van der Waals surface area contributed by atoms with E-state index in [1.807, 2.05) is 12.1 Å². The topological polar surface area (TPSA) is 105 Å². The highest BCUT2D eigenvalue weighted by Crippen LogP contribution is 2.23. The predicted octanol–water partition coefficient (Wildman–Crippen LogP) is 1.95. The van der Waals surface area contributed by atoms with Crippen molar-refractivity contribution in [1.82, 2.24) is 20.2 Å². The molecular weight excluding hydrogens is 328 g/mol. The van der Waals surface area contributed by atoms with Crippen molar-refractivity contribution in [3.05, 3.63) is 73.4 Å². The zero-order chi connectivity index (χ0) is 17.1. The first-order chi connectivity index (χ1) is 11.5. The van der Waals surface area contributed by atoms with Gasteiger partial charge in [0.15, 0.2) is 0 Å². The van der Waals surface area contributed by atoms with Gasteiger partial charge in [0.2, 0.25) is 5.89 Å². The molecule has 7 nitrogen and oxygen atoms in total. The molecule has 0 saturated heterocycles. The van der Waals surface area contributed by atoms with Crippen LogP contribution in [0.2, 0.25) is 0 Å². The van der Waals surface area contributed by atoms with Gasteiger partial charge in [0.1, 0.15) is 0 Å². The van der Waals surface area contributed by atoms with Gasteiger partial charge < -0.3 is 9.40 Å². The summed E-state index contributed by atoms with van der Waals surface area (Å²) in [7, 11) is 0. The molecular formula is C16H16N4O3S. The fourth-order valence-electron chi connectivity index (χ4n) is 2.27. The van der Waals surface area contributed by atoms with Crippen LogP contribution in [0, 0.1) is 13.8 Å². The van der Waals surface area contributed by atoms with Crippen LogP contribution < -0.4 is 11.2 Å². The number of thioether (sulfide) groups is 1. The molecule has 1 aromatic carbocycles. The average molecular weight is 344 g/mol. The van der Waals surface area contributed by atoms with Crippen LogP contribution in [-0.4, -0.2) is 20.2 Å². The predicted molar refractivity (Wildman–Crippen MR) is 90.3 cm³/mol. The fourth-order valence-corrected chi connectivity index (χ4v) is 3.13. The Bertz CT molecular complexity index is 974. The minimum Gasteiger partial charge on any atom is -0.416 e. The number of nitrogens with one attached hydrogen (secondary N) is 2. The van der Waals surface area contributed by atoms with Gasteiger partial charge in [-0.3, -0.25) is 9.78 Å².